The van der Waals surface area contributed by atoms with Crippen molar-refractivity contribution in [2.75, 3.05) is 36.5 Å². The van der Waals surface area contributed by atoms with E-state index in [1.807, 2.05) is 12.3 Å². The van der Waals surface area contributed by atoms with E-state index in [0.717, 1.165) is 50.8 Å². The molecule has 2 saturated heterocycles. The molecular formula is C21H28N4O. The summed E-state index contributed by atoms with van der Waals surface area (Å²) in [5.74, 6) is 2.52. The van der Waals surface area contributed by atoms with Crippen LogP contribution in [0, 0.1) is 5.92 Å². The Bertz CT molecular complexity index is 679. The minimum absolute atomic E-state index is 0.302. The van der Waals surface area contributed by atoms with Crippen LogP contribution in [0.5, 0.6) is 0 Å². The van der Waals surface area contributed by atoms with E-state index in [9.17, 15) is 0 Å². The Labute approximate surface area is 155 Å². The van der Waals surface area contributed by atoms with Crippen LogP contribution in [0.4, 0.5) is 11.8 Å². The lowest BCUT2D eigenvalue weighted by molar-refractivity contribution is 0.120. The lowest BCUT2D eigenvalue weighted by atomic mass is 9.90. The van der Waals surface area contributed by atoms with Crippen LogP contribution in [0.1, 0.15) is 31.2 Å². The summed E-state index contributed by atoms with van der Waals surface area (Å²) < 4.78 is 5.65. The number of benzene rings is 1. The second-order valence-electron chi connectivity index (χ2n) is 7.37. The number of piperidine rings is 1. The zero-order valence-electron chi connectivity index (χ0n) is 15.3. The van der Waals surface area contributed by atoms with Gasteiger partial charge in [-0.3, -0.25) is 0 Å². The molecule has 1 unspecified atom stereocenters. The largest absolute Gasteiger partial charge is 0.376 e. The first-order chi connectivity index (χ1) is 12.9. The standard InChI is InChI=1S/C21H28N4O/c1-2-5-17(6-3-1)15-18-9-12-25(13-10-18)20-8-11-22-21(24-20)23-16-19-7-4-14-26-19/h1-3,5-6,8,11,18-19H,4,7,9-10,12-16H2,(H,22,23,24). The monoisotopic (exact) mass is 352 g/mol. The molecule has 2 aromatic rings. The maximum atomic E-state index is 5.65. The molecule has 5 nitrogen and oxygen atoms in total. The predicted octanol–water partition coefficient (Wildman–Crippen LogP) is 3.53. The summed E-state index contributed by atoms with van der Waals surface area (Å²) in [6.07, 6.45) is 8.07. The van der Waals surface area contributed by atoms with Crippen LogP contribution in [0.2, 0.25) is 0 Å². The van der Waals surface area contributed by atoms with Crippen LogP contribution in [-0.2, 0) is 11.2 Å². The van der Waals surface area contributed by atoms with Gasteiger partial charge in [-0.05, 0) is 49.7 Å². The Kier molecular flexibility index (Phi) is 5.65. The van der Waals surface area contributed by atoms with Gasteiger partial charge in [-0.25, -0.2) is 4.98 Å². The highest BCUT2D eigenvalue weighted by Gasteiger charge is 2.21. The number of anilines is 2. The summed E-state index contributed by atoms with van der Waals surface area (Å²) in [5.41, 5.74) is 1.45. The van der Waals surface area contributed by atoms with Gasteiger partial charge in [0.2, 0.25) is 5.95 Å². The molecule has 4 rings (SSSR count). The molecule has 138 valence electrons. The molecule has 26 heavy (non-hydrogen) atoms. The summed E-state index contributed by atoms with van der Waals surface area (Å²) in [5, 5.41) is 3.33. The fourth-order valence-electron chi connectivity index (χ4n) is 3.93. The quantitative estimate of drug-likeness (QED) is 0.862. The molecule has 0 saturated carbocycles. The minimum Gasteiger partial charge on any atom is -0.376 e. The van der Waals surface area contributed by atoms with Gasteiger partial charge in [-0.1, -0.05) is 30.3 Å². The Morgan fingerprint density at radius 2 is 1.92 bits per heavy atom. The van der Waals surface area contributed by atoms with Gasteiger partial charge in [-0.15, -0.1) is 0 Å². The zero-order chi connectivity index (χ0) is 17.6. The van der Waals surface area contributed by atoms with Gasteiger partial charge >= 0.3 is 0 Å². The number of ether oxygens (including phenoxy) is 1. The third-order valence-corrected chi connectivity index (χ3v) is 5.46. The van der Waals surface area contributed by atoms with Crippen molar-refractivity contribution in [1.29, 1.82) is 0 Å². The molecule has 0 amide bonds. The van der Waals surface area contributed by atoms with Gasteiger partial charge in [0.05, 0.1) is 6.10 Å². The maximum absolute atomic E-state index is 5.65. The number of hydrogen-bond donors (Lipinski definition) is 1. The van der Waals surface area contributed by atoms with Gasteiger partial charge < -0.3 is 15.0 Å². The number of rotatable bonds is 6. The molecule has 1 atom stereocenters. The summed E-state index contributed by atoms with van der Waals surface area (Å²) >= 11 is 0. The zero-order valence-corrected chi connectivity index (χ0v) is 15.3. The van der Waals surface area contributed by atoms with Crippen molar-refractivity contribution in [2.45, 2.75) is 38.2 Å². The first-order valence-corrected chi connectivity index (χ1v) is 9.84. The second kappa shape index (κ2) is 8.49. The minimum atomic E-state index is 0.302. The highest BCUT2D eigenvalue weighted by molar-refractivity contribution is 5.43. The SMILES string of the molecule is c1ccc(CC2CCN(c3ccnc(NCC4CCCO4)n3)CC2)cc1. The summed E-state index contributed by atoms with van der Waals surface area (Å²) in [7, 11) is 0. The normalized spacial score (nSPS) is 21.1. The average molecular weight is 352 g/mol. The summed E-state index contributed by atoms with van der Waals surface area (Å²) in [6.45, 7) is 3.81. The van der Waals surface area contributed by atoms with Crippen molar-refractivity contribution in [3.63, 3.8) is 0 Å². The number of nitrogens with zero attached hydrogens (tertiary/aromatic N) is 3. The molecule has 2 aliphatic rings. The van der Waals surface area contributed by atoms with E-state index in [-0.39, 0.29) is 0 Å². The van der Waals surface area contributed by atoms with Gasteiger partial charge in [-0.2, -0.15) is 4.98 Å². The number of nitrogens with one attached hydrogen (secondary N) is 1. The Morgan fingerprint density at radius 1 is 1.08 bits per heavy atom. The van der Waals surface area contributed by atoms with E-state index in [4.69, 9.17) is 9.72 Å². The molecule has 0 radical (unpaired) electrons. The van der Waals surface area contributed by atoms with Crippen LogP contribution in [0.25, 0.3) is 0 Å². The highest BCUT2D eigenvalue weighted by atomic mass is 16.5. The fraction of sp³-hybridized carbons (Fsp3) is 0.524. The molecule has 1 aromatic heterocycles. The molecule has 0 aliphatic carbocycles. The molecule has 2 fully saturated rings. The average Bonchev–Trinajstić information content (AvgIpc) is 3.22. The van der Waals surface area contributed by atoms with Gasteiger partial charge in [0, 0.05) is 32.4 Å². The smallest absolute Gasteiger partial charge is 0.224 e. The molecule has 3 heterocycles. The highest BCUT2D eigenvalue weighted by Crippen LogP contribution is 2.25. The molecular weight excluding hydrogens is 324 g/mol. The Hall–Kier alpha value is -2.14. The van der Waals surface area contributed by atoms with E-state index < -0.39 is 0 Å². The molecule has 1 aromatic carbocycles. The van der Waals surface area contributed by atoms with Crippen molar-refractivity contribution in [3.8, 4) is 0 Å². The molecule has 0 bridgehead atoms. The first-order valence-electron chi connectivity index (χ1n) is 9.84. The Morgan fingerprint density at radius 3 is 2.69 bits per heavy atom. The van der Waals surface area contributed by atoms with Crippen molar-refractivity contribution >= 4 is 11.8 Å². The van der Waals surface area contributed by atoms with Crippen LogP contribution in [0.3, 0.4) is 0 Å². The molecule has 2 aliphatic heterocycles. The third-order valence-electron chi connectivity index (χ3n) is 5.46. The first kappa shape index (κ1) is 17.3. The van der Waals surface area contributed by atoms with E-state index in [0.29, 0.717) is 12.1 Å². The lowest BCUT2D eigenvalue weighted by Crippen LogP contribution is -2.35. The van der Waals surface area contributed by atoms with Crippen molar-refractivity contribution in [3.05, 3.63) is 48.2 Å². The van der Waals surface area contributed by atoms with Crippen molar-refractivity contribution in [2.24, 2.45) is 5.92 Å². The summed E-state index contributed by atoms with van der Waals surface area (Å²) in [6, 6.07) is 12.9. The second-order valence-corrected chi connectivity index (χ2v) is 7.37. The van der Waals surface area contributed by atoms with Crippen LogP contribution >= 0.6 is 0 Å². The molecule has 5 heteroatoms. The van der Waals surface area contributed by atoms with Crippen LogP contribution in [0.15, 0.2) is 42.6 Å². The molecule has 0 spiro atoms. The number of aromatic nitrogens is 2. The van der Waals surface area contributed by atoms with Crippen molar-refractivity contribution in [1.82, 2.24) is 9.97 Å². The maximum Gasteiger partial charge on any atom is 0.224 e. The van der Waals surface area contributed by atoms with Crippen LogP contribution < -0.4 is 10.2 Å². The van der Waals surface area contributed by atoms with Gasteiger partial charge in [0.1, 0.15) is 5.82 Å². The van der Waals surface area contributed by atoms with Crippen molar-refractivity contribution < 1.29 is 4.74 Å². The van der Waals surface area contributed by atoms with E-state index in [1.165, 1.54) is 24.8 Å². The van der Waals surface area contributed by atoms with E-state index in [2.05, 4.69) is 45.5 Å². The van der Waals surface area contributed by atoms with Gasteiger partial charge in [0.25, 0.3) is 0 Å². The summed E-state index contributed by atoms with van der Waals surface area (Å²) in [4.78, 5) is 11.5. The van der Waals surface area contributed by atoms with E-state index in [1.54, 1.807) is 0 Å². The van der Waals surface area contributed by atoms with Crippen LogP contribution in [-0.4, -0.2) is 42.3 Å². The Balaban J connectivity index is 1.29. The third kappa shape index (κ3) is 4.52. The fourth-order valence-corrected chi connectivity index (χ4v) is 3.93. The topological polar surface area (TPSA) is 50.3 Å². The predicted molar refractivity (Wildman–Crippen MR) is 105 cm³/mol. The number of hydrogen-bond acceptors (Lipinski definition) is 5. The molecule has 1 N–H and O–H groups in total. The lowest BCUT2D eigenvalue weighted by Gasteiger charge is -2.33. The van der Waals surface area contributed by atoms with Gasteiger partial charge in [0.15, 0.2) is 0 Å². The van der Waals surface area contributed by atoms with E-state index >= 15 is 0 Å².